The molecule has 8 heteroatoms. The van der Waals surface area contributed by atoms with Gasteiger partial charge in [-0.15, -0.1) is 0 Å². The molecule has 1 aromatic heterocycles. The number of hydrogen-bond acceptors (Lipinski definition) is 6. The summed E-state index contributed by atoms with van der Waals surface area (Å²) in [6.45, 7) is 5.61. The lowest BCUT2D eigenvalue weighted by Crippen LogP contribution is -2.58. The van der Waals surface area contributed by atoms with Crippen molar-refractivity contribution < 1.29 is 19.1 Å². The van der Waals surface area contributed by atoms with Crippen LogP contribution in [-0.2, 0) is 20.8 Å². The molecular formula is C21H32N4O4. The highest BCUT2D eigenvalue weighted by atomic mass is 16.5. The quantitative estimate of drug-likeness (QED) is 0.461. The highest BCUT2D eigenvalue weighted by Gasteiger charge is 2.57. The molecule has 0 unspecified atom stereocenters. The molecule has 0 N–H and O–H groups in total. The van der Waals surface area contributed by atoms with E-state index in [1.54, 1.807) is 25.3 Å². The van der Waals surface area contributed by atoms with E-state index in [1.807, 2.05) is 18.2 Å². The first kappa shape index (κ1) is 21.7. The first-order valence-corrected chi connectivity index (χ1v) is 10.3. The Morgan fingerprint density at radius 3 is 2.55 bits per heavy atom. The van der Waals surface area contributed by atoms with Crippen molar-refractivity contribution in [1.29, 1.82) is 0 Å². The zero-order valence-corrected chi connectivity index (χ0v) is 17.7. The van der Waals surface area contributed by atoms with Gasteiger partial charge in [0.25, 0.3) is 5.91 Å². The fourth-order valence-electron chi connectivity index (χ4n) is 4.42. The van der Waals surface area contributed by atoms with Crippen molar-refractivity contribution in [1.82, 2.24) is 19.7 Å². The summed E-state index contributed by atoms with van der Waals surface area (Å²) in [4.78, 5) is 36.5. The van der Waals surface area contributed by atoms with Gasteiger partial charge in [0.2, 0.25) is 0 Å². The van der Waals surface area contributed by atoms with Gasteiger partial charge in [0.15, 0.2) is 0 Å². The van der Waals surface area contributed by atoms with Crippen molar-refractivity contribution in [2.75, 3.05) is 47.1 Å². The fraction of sp³-hybridized carbons (Fsp3) is 0.667. The van der Waals surface area contributed by atoms with Gasteiger partial charge in [-0.1, -0.05) is 6.07 Å². The van der Waals surface area contributed by atoms with Crippen LogP contribution in [0.2, 0.25) is 0 Å². The maximum absolute atomic E-state index is 13.5. The van der Waals surface area contributed by atoms with E-state index in [9.17, 15) is 9.59 Å². The van der Waals surface area contributed by atoms with Gasteiger partial charge >= 0.3 is 6.03 Å². The van der Waals surface area contributed by atoms with E-state index in [1.165, 1.54) is 4.90 Å². The maximum atomic E-state index is 13.5. The third-order valence-electron chi connectivity index (χ3n) is 6.05. The van der Waals surface area contributed by atoms with Crippen molar-refractivity contribution in [2.24, 2.45) is 0 Å². The van der Waals surface area contributed by atoms with Crippen molar-refractivity contribution in [3.63, 3.8) is 0 Å². The molecule has 160 valence electrons. The van der Waals surface area contributed by atoms with Crippen LogP contribution in [0.1, 0.15) is 31.9 Å². The minimum absolute atomic E-state index is 0.0929. The molecule has 1 atom stereocenters. The summed E-state index contributed by atoms with van der Waals surface area (Å²) in [5.74, 6) is -0.0929. The summed E-state index contributed by atoms with van der Waals surface area (Å²) in [6.07, 6.45) is 3.66. The van der Waals surface area contributed by atoms with Crippen LogP contribution < -0.4 is 0 Å². The maximum Gasteiger partial charge on any atom is 0.328 e. The lowest BCUT2D eigenvalue weighted by molar-refractivity contribution is -0.136. The predicted octanol–water partition coefficient (Wildman–Crippen LogP) is 1.75. The highest BCUT2D eigenvalue weighted by molar-refractivity contribution is 6.07. The number of piperidine rings is 1. The second kappa shape index (κ2) is 9.65. The van der Waals surface area contributed by atoms with Crippen LogP contribution >= 0.6 is 0 Å². The molecular weight excluding hydrogens is 372 g/mol. The molecule has 29 heavy (non-hydrogen) atoms. The topological polar surface area (TPSA) is 75.2 Å². The number of aromatic nitrogens is 1. The van der Waals surface area contributed by atoms with E-state index in [-0.39, 0.29) is 24.5 Å². The summed E-state index contributed by atoms with van der Waals surface area (Å²) >= 11 is 0. The number of imide groups is 1. The van der Waals surface area contributed by atoms with E-state index in [0.29, 0.717) is 44.7 Å². The lowest BCUT2D eigenvalue weighted by Gasteiger charge is -2.44. The molecule has 8 nitrogen and oxygen atoms in total. The SMILES string of the molecule is COCCCN1C(=O)N(Cc2ccccn2)C(=O)C12CCN([C@@H](C)COC)CC2. The van der Waals surface area contributed by atoms with E-state index < -0.39 is 5.54 Å². The Bertz CT molecular complexity index is 691. The Morgan fingerprint density at radius 2 is 1.93 bits per heavy atom. The number of amides is 3. The predicted molar refractivity (Wildman–Crippen MR) is 108 cm³/mol. The van der Waals surface area contributed by atoms with Crippen LogP contribution in [0.25, 0.3) is 0 Å². The number of rotatable bonds is 9. The van der Waals surface area contributed by atoms with Crippen molar-refractivity contribution in [3.05, 3.63) is 30.1 Å². The Labute approximate surface area is 172 Å². The average molecular weight is 405 g/mol. The minimum Gasteiger partial charge on any atom is -0.385 e. The number of methoxy groups -OCH3 is 2. The first-order chi connectivity index (χ1) is 14.0. The van der Waals surface area contributed by atoms with Crippen molar-refractivity contribution in [2.45, 2.75) is 44.3 Å². The van der Waals surface area contributed by atoms with Crippen LogP contribution in [0, 0.1) is 0 Å². The van der Waals surface area contributed by atoms with Crippen molar-refractivity contribution >= 4 is 11.9 Å². The molecule has 2 saturated heterocycles. The third kappa shape index (κ3) is 4.44. The smallest absolute Gasteiger partial charge is 0.328 e. The molecule has 2 fully saturated rings. The van der Waals surface area contributed by atoms with Gasteiger partial charge < -0.3 is 14.4 Å². The molecule has 0 bridgehead atoms. The van der Waals surface area contributed by atoms with Gasteiger partial charge in [-0.2, -0.15) is 0 Å². The number of nitrogens with zero attached hydrogens (tertiary/aromatic N) is 4. The first-order valence-electron chi connectivity index (χ1n) is 10.3. The second-order valence-corrected chi connectivity index (χ2v) is 7.86. The molecule has 3 amide bonds. The van der Waals surface area contributed by atoms with Gasteiger partial charge in [0, 0.05) is 52.7 Å². The van der Waals surface area contributed by atoms with E-state index in [2.05, 4.69) is 16.8 Å². The number of hydrogen-bond donors (Lipinski definition) is 0. The molecule has 0 aliphatic carbocycles. The molecule has 0 radical (unpaired) electrons. The molecule has 2 aliphatic heterocycles. The summed E-state index contributed by atoms with van der Waals surface area (Å²) in [6, 6.07) is 5.61. The standard InChI is InChI=1S/C21H32N4O4/c1-17(16-29-3)23-12-8-21(9-13-23)19(26)24(15-18-7-4-5-10-22-18)20(27)25(21)11-6-14-28-2/h4-5,7,10,17H,6,8-9,11-16H2,1-3H3/t17-/m0/s1. The molecule has 0 saturated carbocycles. The number of pyridine rings is 1. The van der Waals surface area contributed by atoms with Gasteiger partial charge in [0.1, 0.15) is 5.54 Å². The fourth-order valence-corrected chi connectivity index (χ4v) is 4.42. The summed E-state index contributed by atoms with van der Waals surface area (Å²) < 4.78 is 10.4. The van der Waals surface area contributed by atoms with Gasteiger partial charge in [-0.05, 0) is 38.3 Å². The number of likely N-dealkylation sites (tertiary alicyclic amines) is 1. The van der Waals surface area contributed by atoms with Gasteiger partial charge in [0.05, 0.1) is 18.8 Å². The van der Waals surface area contributed by atoms with Gasteiger partial charge in [-0.25, -0.2) is 4.79 Å². The number of urea groups is 1. The van der Waals surface area contributed by atoms with E-state index in [4.69, 9.17) is 9.47 Å². The normalized spacial score (nSPS) is 20.7. The number of carbonyl (C=O) groups is 2. The summed E-state index contributed by atoms with van der Waals surface area (Å²) in [7, 11) is 3.35. The average Bonchev–Trinajstić information content (AvgIpc) is 2.92. The Kier molecular flexibility index (Phi) is 7.21. The van der Waals surface area contributed by atoms with E-state index in [0.717, 1.165) is 13.1 Å². The monoisotopic (exact) mass is 404 g/mol. The van der Waals surface area contributed by atoms with Crippen LogP contribution in [0.4, 0.5) is 4.79 Å². The molecule has 0 aromatic carbocycles. The van der Waals surface area contributed by atoms with E-state index >= 15 is 0 Å². The minimum atomic E-state index is -0.761. The number of ether oxygens (including phenoxy) is 2. The van der Waals surface area contributed by atoms with Crippen LogP contribution in [0.15, 0.2) is 24.4 Å². The largest absolute Gasteiger partial charge is 0.385 e. The van der Waals surface area contributed by atoms with Gasteiger partial charge in [-0.3, -0.25) is 19.6 Å². The zero-order valence-electron chi connectivity index (χ0n) is 17.7. The lowest BCUT2D eigenvalue weighted by atomic mass is 9.85. The molecule has 1 aromatic rings. The molecule has 1 spiro atoms. The summed E-state index contributed by atoms with van der Waals surface area (Å²) in [5.41, 5.74) is -0.0441. The van der Waals surface area contributed by atoms with Crippen LogP contribution in [0.3, 0.4) is 0 Å². The molecule has 3 heterocycles. The van der Waals surface area contributed by atoms with Crippen LogP contribution in [0.5, 0.6) is 0 Å². The number of carbonyl (C=O) groups excluding carboxylic acids is 2. The Morgan fingerprint density at radius 1 is 1.17 bits per heavy atom. The van der Waals surface area contributed by atoms with Crippen molar-refractivity contribution in [3.8, 4) is 0 Å². The van der Waals surface area contributed by atoms with Crippen LogP contribution in [-0.4, -0.2) is 90.3 Å². The Balaban J connectivity index is 1.79. The third-order valence-corrected chi connectivity index (χ3v) is 6.05. The molecule has 2 aliphatic rings. The Hall–Kier alpha value is -2.03. The molecule has 3 rings (SSSR count). The zero-order chi connectivity index (χ0) is 20.9. The summed E-state index contributed by atoms with van der Waals surface area (Å²) in [5, 5.41) is 0. The highest BCUT2D eigenvalue weighted by Crippen LogP contribution is 2.38. The second-order valence-electron chi connectivity index (χ2n) is 7.86.